The molecule has 108 valence electrons. The Balaban J connectivity index is 2.37. The minimum absolute atomic E-state index is 0.127. The number of carbonyl (C=O) groups excluding carboxylic acids is 2. The number of morpholine rings is 1. The Morgan fingerprint density at radius 1 is 1.35 bits per heavy atom. The van der Waals surface area contributed by atoms with Gasteiger partial charge in [-0.1, -0.05) is 12.1 Å². The third-order valence-electron chi connectivity index (χ3n) is 3.38. The molecule has 0 N–H and O–H groups in total. The second-order valence-corrected chi connectivity index (χ2v) is 4.97. The number of likely N-dealkylation sites (N-methyl/N-ethyl adjacent to an activating group) is 2. The largest absolute Gasteiger partial charge is 0.356 e. The van der Waals surface area contributed by atoms with E-state index in [9.17, 15) is 14.0 Å². The van der Waals surface area contributed by atoms with Crippen LogP contribution in [0.2, 0.25) is 0 Å². The maximum absolute atomic E-state index is 13.0. The minimum Gasteiger partial charge on any atom is -0.356 e. The first-order valence-corrected chi connectivity index (χ1v) is 6.25. The van der Waals surface area contributed by atoms with E-state index in [2.05, 4.69) is 0 Å². The van der Waals surface area contributed by atoms with Gasteiger partial charge >= 0.3 is 0 Å². The maximum Gasteiger partial charge on any atom is 0.253 e. The molecule has 1 aromatic carbocycles. The highest BCUT2D eigenvalue weighted by molar-refractivity contribution is 5.86. The fourth-order valence-corrected chi connectivity index (χ4v) is 2.23. The van der Waals surface area contributed by atoms with Crippen molar-refractivity contribution in [2.24, 2.45) is 0 Å². The summed E-state index contributed by atoms with van der Waals surface area (Å²) in [5, 5.41) is 0. The standard InChI is InChI=1S/C14H17FN2O3/c1-16(2)14(19)13-12(17(3)11(18)8-20-13)9-4-6-10(15)7-5-9/h4-7,12-13H,8H2,1-3H3. The molecule has 2 unspecified atom stereocenters. The van der Waals surface area contributed by atoms with Gasteiger partial charge in [0.2, 0.25) is 5.91 Å². The van der Waals surface area contributed by atoms with Crippen LogP contribution < -0.4 is 0 Å². The van der Waals surface area contributed by atoms with Crippen molar-refractivity contribution in [3.05, 3.63) is 35.6 Å². The first-order valence-electron chi connectivity index (χ1n) is 6.25. The van der Waals surface area contributed by atoms with Gasteiger partial charge in [-0.2, -0.15) is 0 Å². The lowest BCUT2D eigenvalue weighted by Crippen LogP contribution is -2.52. The number of amides is 2. The summed E-state index contributed by atoms with van der Waals surface area (Å²) < 4.78 is 18.4. The Kier molecular flexibility index (Phi) is 4.04. The van der Waals surface area contributed by atoms with Gasteiger partial charge in [0.05, 0.1) is 6.04 Å². The highest BCUT2D eigenvalue weighted by Gasteiger charge is 2.40. The van der Waals surface area contributed by atoms with Gasteiger partial charge in [0.15, 0.2) is 6.10 Å². The number of ether oxygens (including phenoxy) is 1. The van der Waals surface area contributed by atoms with Gasteiger partial charge in [0.1, 0.15) is 12.4 Å². The molecule has 1 saturated heterocycles. The van der Waals surface area contributed by atoms with Crippen molar-refractivity contribution in [2.75, 3.05) is 27.7 Å². The SMILES string of the molecule is CN(C)C(=O)C1OCC(=O)N(C)C1c1ccc(F)cc1. The van der Waals surface area contributed by atoms with Crippen molar-refractivity contribution >= 4 is 11.8 Å². The molecule has 0 aromatic heterocycles. The molecule has 1 fully saturated rings. The number of nitrogens with zero attached hydrogens (tertiary/aromatic N) is 2. The summed E-state index contributed by atoms with van der Waals surface area (Å²) in [6.07, 6.45) is -0.779. The van der Waals surface area contributed by atoms with E-state index in [0.717, 1.165) is 0 Å². The molecule has 1 aliphatic heterocycles. The van der Waals surface area contributed by atoms with E-state index < -0.39 is 12.1 Å². The smallest absolute Gasteiger partial charge is 0.253 e. The van der Waals surface area contributed by atoms with E-state index in [0.29, 0.717) is 5.56 Å². The predicted molar refractivity (Wildman–Crippen MR) is 70.3 cm³/mol. The van der Waals surface area contributed by atoms with Gasteiger partial charge in [-0.3, -0.25) is 9.59 Å². The van der Waals surface area contributed by atoms with Crippen molar-refractivity contribution in [1.82, 2.24) is 9.80 Å². The Morgan fingerprint density at radius 2 is 1.95 bits per heavy atom. The van der Waals surface area contributed by atoms with Crippen LogP contribution in [0, 0.1) is 5.82 Å². The predicted octanol–water partition coefficient (Wildman–Crippen LogP) is 0.812. The summed E-state index contributed by atoms with van der Waals surface area (Å²) in [4.78, 5) is 26.9. The van der Waals surface area contributed by atoms with Gasteiger partial charge < -0.3 is 14.5 Å². The van der Waals surface area contributed by atoms with Crippen LogP contribution in [0.15, 0.2) is 24.3 Å². The topological polar surface area (TPSA) is 49.9 Å². The first-order chi connectivity index (χ1) is 9.41. The summed E-state index contributed by atoms with van der Waals surface area (Å²) in [6.45, 7) is -0.127. The number of hydrogen-bond donors (Lipinski definition) is 0. The van der Waals surface area contributed by atoms with Crippen molar-refractivity contribution in [1.29, 1.82) is 0 Å². The van der Waals surface area contributed by atoms with Crippen LogP contribution in [0.3, 0.4) is 0 Å². The van der Waals surface area contributed by atoms with E-state index in [1.165, 1.54) is 21.9 Å². The van der Waals surface area contributed by atoms with Crippen molar-refractivity contribution in [2.45, 2.75) is 12.1 Å². The molecule has 0 aliphatic carbocycles. The summed E-state index contributed by atoms with van der Waals surface area (Å²) in [6, 6.07) is 5.19. The fraction of sp³-hybridized carbons (Fsp3) is 0.429. The highest BCUT2D eigenvalue weighted by Crippen LogP contribution is 2.29. The summed E-state index contributed by atoms with van der Waals surface area (Å²) >= 11 is 0. The Bertz CT molecular complexity index is 516. The van der Waals surface area contributed by atoms with E-state index in [1.54, 1.807) is 33.3 Å². The Morgan fingerprint density at radius 3 is 2.50 bits per heavy atom. The molecule has 1 aliphatic rings. The van der Waals surface area contributed by atoms with Crippen LogP contribution in [0.1, 0.15) is 11.6 Å². The molecule has 20 heavy (non-hydrogen) atoms. The minimum atomic E-state index is -0.779. The molecule has 0 saturated carbocycles. The first kappa shape index (κ1) is 14.5. The number of rotatable bonds is 2. The van der Waals surface area contributed by atoms with Crippen LogP contribution >= 0.6 is 0 Å². The zero-order valence-electron chi connectivity index (χ0n) is 11.7. The third kappa shape index (κ3) is 2.65. The van der Waals surface area contributed by atoms with Crippen molar-refractivity contribution in [3.8, 4) is 0 Å². The third-order valence-corrected chi connectivity index (χ3v) is 3.38. The lowest BCUT2D eigenvalue weighted by Gasteiger charge is -2.39. The van der Waals surface area contributed by atoms with Gasteiger partial charge in [-0.05, 0) is 17.7 Å². The molecule has 2 rings (SSSR count). The van der Waals surface area contributed by atoms with E-state index in [-0.39, 0.29) is 24.2 Å². The molecule has 2 atom stereocenters. The van der Waals surface area contributed by atoms with Gasteiger partial charge in [0, 0.05) is 21.1 Å². The van der Waals surface area contributed by atoms with Crippen LogP contribution in [-0.2, 0) is 14.3 Å². The Hall–Kier alpha value is -1.95. The maximum atomic E-state index is 13.0. The summed E-state index contributed by atoms with van der Waals surface area (Å²) in [5.41, 5.74) is 0.669. The van der Waals surface area contributed by atoms with E-state index >= 15 is 0 Å². The average Bonchev–Trinajstić information content (AvgIpc) is 2.42. The van der Waals surface area contributed by atoms with E-state index in [1.807, 2.05) is 0 Å². The fourth-order valence-electron chi connectivity index (χ4n) is 2.23. The summed E-state index contributed by atoms with van der Waals surface area (Å²) in [5.74, 6) is -0.796. The second-order valence-electron chi connectivity index (χ2n) is 4.97. The molecular formula is C14H17FN2O3. The van der Waals surface area contributed by atoms with Crippen LogP contribution in [0.4, 0.5) is 4.39 Å². The molecule has 0 bridgehead atoms. The number of carbonyl (C=O) groups is 2. The lowest BCUT2D eigenvalue weighted by atomic mass is 9.97. The number of hydrogen-bond acceptors (Lipinski definition) is 3. The number of halogens is 1. The zero-order chi connectivity index (χ0) is 14.9. The van der Waals surface area contributed by atoms with Crippen LogP contribution in [0.25, 0.3) is 0 Å². The summed E-state index contributed by atoms with van der Waals surface area (Å²) in [7, 11) is 4.88. The molecule has 1 heterocycles. The van der Waals surface area contributed by atoms with Gasteiger partial charge in [-0.15, -0.1) is 0 Å². The van der Waals surface area contributed by atoms with Crippen LogP contribution in [-0.4, -0.2) is 55.5 Å². The molecule has 0 spiro atoms. The highest BCUT2D eigenvalue weighted by atomic mass is 19.1. The second kappa shape index (κ2) is 5.58. The normalized spacial score (nSPS) is 22.8. The molecule has 5 nitrogen and oxygen atoms in total. The van der Waals surface area contributed by atoms with Crippen molar-refractivity contribution < 1.29 is 18.7 Å². The van der Waals surface area contributed by atoms with Gasteiger partial charge in [0.25, 0.3) is 5.91 Å². The van der Waals surface area contributed by atoms with Crippen molar-refractivity contribution in [3.63, 3.8) is 0 Å². The molecule has 2 amide bonds. The molecule has 6 heteroatoms. The Labute approximate surface area is 116 Å². The zero-order valence-corrected chi connectivity index (χ0v) is 11.7. The molecule has 1 aromatic rings. The molecule has 0 radical (unpaired) electrons. The molecular weight excluding hydrogens is 263 g/mol. The average molecular weight is 280 g/mol. The monoisotopic (exact) mass is 280 g/mol. The van der Waals surface area contributed by atoms with E-state index in [4.69, 9.17) is 4.74 Å². The quantitative estimate of drug-likeness (QED) is 0.805. The number of benzene rings is 1. The lowest BCUT2D eigenvalue weighted by molar-refractivity contribution is -0.166. The van der Waals surface area contributed by atoms with Crippen LogP contribution in [0.5, 0.6) is 0 Å². The van der Waals surface area contributed by atoms with Gasteiger partial charge in [-0.25, -0.2) is 4.39 Å².